The zero-order chi connectivity index (χ0) is 15.3. The molecule has 22 heavy (non-hydrogen) atoms. The first-order chi connectivity index (χ1) is 10.6. The minimum Gasteiger partial charge on any atom is -0.478 e. The number of fused-ring (bicyclic) bond motifs is 1. The summed E-state index contributed by atoms with van der Waals surface area (Å²) >= 11 is 0. The van der Waals surface area contributed by atoms with Crippen molar-refractivity contribution in [3.05, 3.63) is 47.2 Å². The van der Waals surface area contributed by atoms with Gasteiger partial charge >= 0.3 is 5.97 Å². The van der Waals surface area contributed by atoms with E-state index in [4.69, 9.17) is 4.42 Å². The number of aromatic nitrogens is 3. The van der Waals surface area contributed by atoms with Crippen molar-refractivity contribution in [3.8, 4) is 0 Å². The lowest BCUT2D eigenvalue weighted by Crippen LogP contribution is -2.05. The Balaban J connectivity index is 1.83. The second kappa shape index (κ2) is 4.69. The number of furan rings is 1. The monoisotopic (exact) mass is 297 g/mol. The van der Waals surface area contributed by atoms with Gasteiger partial charge in [0, 0.05) is 11.6 Å². The lowest BCUT2D eigenvalue weighted by molar-refractivity contribution is 0.0699. The Hall–Kier alpha value is -2.63. The van der Waals surface area contributed by atoms with Gasteiger partial charge in [-0.3, -0.25) is 0 Å². The van der Waals surface area contributed by atoms with Gasteiger partial charge in [0.25, 0.3) is 0 Å². The maximum absolute atomic E-state index is 11.5. The maximum Gasteiger partial charge on any atom is 0.336 e. The lowest BCUT2D eigenvalue weighted by Gasteiger charge is -2.05. The molecule has 0 bridgehead atoms. The highest BCUT2D eigenvalue weighted by atomic mass is 16.4. The van der Waals surface area contributed by atoms with Crippen LogP contribution in [0.25, 0.3) is 11.0 Å². The molecule has 0 amide bonds. The van der Waals surface area contributed by atoms with Crippen molar-refractivity contribution in [1.82, 2.24) is 14.8 Å². The fourth-order valence-electron chi connectivity index (χ4n) is 2.67. The first-order valence-electron chi connectivity index (χ1n) is 7.27. The maximum atomic E-state index is 11.5. The van der Waals surface area contributed by atoms with Gasteiger partial charge in [0.1, 0.15) is 18.1 Å². The minimum atomic E-state index is -0.942. The molecular formula is C16H15N3O3. The minimum absolute atomic E-state index is 0.272. The molecule has 3 aromatic heterocycles. The smallest absolute Gasteiger partial charge is 0.336 e. The predicted octanol–water partition coefficient (Wildman–Crippen LogP) is 2.96. The number of hydrogen-bond donors (Lipinski definition) is 1. The molecule has 0 atom stereocenters. The van der Waals surface area contributed by atoms with Gasteiger partial charge in [0.15, 0.2) is 5.65 Å². The van der Waals surface area contributed by atoms with Crippen molar-refractivity contribution in [1.29, 1.82) is 0 Å². The molecule has 112 valence electrons. The number of rotatable bonds is 4. The van der Waals surface area contributed by atoms with Crippen molar-refractivity contribution in [2.45, 2.75) is 32.2 Å². The Morgan fingerprint density at radius 2 is 2.27 bits per heavy atom. The van der Waals surface area contributed by atoms with Crippen molar-refractivity contribution in [2.24, 2.45) is 0 Å². The second-order valence-corrected chi connectivity index (χ2v) is 5.73. The number of aromatic carboxylic acids is 1. The molecule has 0 spiro atoms. The van der Waals surface area contributed by atoms with Crippen molar-refractivity contribution < 1.29 is 14.3 Å². The summed E-state index contributed by atoms with van der Waals surface area (Å²) in [6.45, 7) is 2.33. The first kappa shape index (κ1) is 13.1. The largest absolute Gasteiger partial charge is 0.478 e. The average Bonchev–Trinajstić information content (AvgIpc) is 3.15. The topological polar surface area (TPSA) is 81.2 Å². The third-order valence-corrected chi connectivity index (χ3v) is 3.96. The van der Waals surface area contributed by atoms with E-state index in [0.717, 1.165) is 30.1 Å². The third-order valence-electron chi connectivity index (χ3n) is 3.96. The van der Waals surface area contributed by atoms with Gasteiger partial charge in [-0.2, -0.15) is 5.10 Å². The van der Waals surface area contributed by atoms with Crippen molar-refractivity contribution >= 4 is 17.0 Å². The van der Waals surface area contributed by atoms with Crippen LogP contribution in [0.1, 0.15) is 46.3 Å². The number of carbonyl (C=O) groups is 1. The Kier molecular flexibility index (Phi) is 2.79. The van der Waals surface area contributed by atoms with Crippen molar-refractivity contribution in [2.75, 3.05) is 0 Å². The zero-order valence-corrected chi connectivity index (χ0v) is 12.1. The third kappa shape index (κ3) is 2.16. The number of aryl methyl sites for hydroxylation is 1. The normalized spacial score (nSPS) is 14.6. The molecule has 1 saturated carbocycles. The summed E-state index contributed by atoms with van der Waals surface area (Å²) in [5.41, 5.74) is 1.73. The molecule has 6 heteroatoms. The molecule has 0 radical (unpaired) electrons. The summed E-state index contributed by atoms with van der Waals surface area (Å²) in [4.78, 5) is 16.1. The van der Waals surface area contributed by atoms with Gasteiger partial charge in [0.2, 0.25) is 0 Å². The van der Waals surface area contributed by atoms with Crippen LogP contribution in [-0.4, -0.2) is 25.8 Å². The van der Waals surface area contributed by atoms with Gasteiger partial charge in [-0.1, -0.05) is 0 Å². The molecule has 1 aliphatic rings. The van der Waals surface area contributed by atoms with E-state index in [9.17, 15) is 9.90 Å². The Morgan fingerprint density at radius 1 is 1.45 bits per heavy atom. The Labute approximate surface area is 126 Å². The molecular weight excluding hydrogens is 282 g/mol. The van der Waals surface area contributed by atoms with E-state index >= 15 is 0 Å². The van der Waals surface area contributed by atoms with E-state index in [1.807, 2.05) is 19.1 Å². The molecule has 0 saturated heterocycles. The number of carboxylic acids is 1. The highest BCUT2D eigenvalue weighted by molar-refractivity contribution is 6.01. The summed E-state index contributed by atoms with van der Waals surface area (Å²) in [7, 11) is 0. The molecule has 6 nitrogen and oxygen atoms in total. The van der Waals surface area contributed by atoms with Gasteiger partial charge in [-0.25, -0.2) is 14.5 Å². The molecule has 1 N–H and O–H groups in total. The quantitative estimate of drug-likeness (QED) is 0.800. The highest BCUT2D eigenvalue weighted by Crippen LogP contribution is 2.40. The number of nitrogens with zero attached hydrogens (tertiary/aromatic N) is 3. The SMILES string of the molecule is Cc1ccc(Cn2ncc3c(C(=O)O)cc(C4CC4)nc32)o1. The summed E-state index contributed by atoms with van der Waals surface area (Å²) in [5, 5.41) is 14.3. The molecule has 3 aromatic rings. The van der Waals surface area contributed by atoms with E-state index in [0.29, 0.717) is 23.5 Å². The van der Waals surface area contributed by atoms with Crippen LogP contribution >= 0.6 is 0 Å². The van der Waals surface area contributed by atoms with E-state index in [-0.39, 0.29) is 5.56 Å². The Bertz CT molecular complexity index is 874. The molecule has 1 aliphatic carbocycles. The molecule has 0 aromatic carbocycles. The standard InChI is InChI=1S/C16H15N3O3/c1-9-2-5-11(22-9)8-19-15-13(7-17-19)12(16(20)21)6-14(18-15)10-3-4-10/h2,5-7,10H,3-4,8H2,1H3,(H,20,21). The van der Waals surface area contributed by atoms with E-state index < -0.39 is 5.97 Å². The van der Waals surface area contributed by atoms with Crippen molar-refractivity contribution in [3.63, 3.8) is 0 Å². The van der Waals surface area contributed by atoms with Gasteiger partial charge in [-0.15, -0.1) is 0 Å². The fraction of sp³-hybridized carbons (Fsp3) is 0.312. The van der Waals surface area contributed by atoms with Crippen LogP contribution < -0.4 is 0 Å². The van der Waals surface area contributed by atoms with E-state index in [2.05, 4.69) is 10.1 Å². The molecule has 4 rings (SSSR count). The summed E-state index contributed by atoms with van der Waals surface area (Å²) in [6, 6.07) is 5.48. The van der Waals surface area contributed by atoms with Gasteiger partial charge in [-0.05, 0) is 38.0 Å². The van der Waals surface area contributed by atoms with Gasteiger partial charge < -0.3 is 9.52 Å². The molecule has 0 unspecified atom stereocenters. The van der Waals surface area contributed by atoms with Crippen LogP contribution in [0.2, 0.25) is 0 Å². The summed E-state index contributed by atoms with van der Waals surface area (Å²) in [5.74, 6) is 1.06. The van der Waals surface area contributed by atoms with Crippen LogP contribution in [0, 0.1) is 6.92 Å². The summed E-state index contributed by atoms with van der Waals surface area (Å²) in [6.07, 6.45) is 3.71. The van der Waals surface area contributed by atoms with Crippen LogP contribution in [0.5, 0.6) is 0 Å². The average molecular weight is 297 g/mol. The molecule has 0 aliphatic heterocycles. The van der Waals surface area contributed by atoms with Crippen LogP contribution in [0.4, 0.5) is 0 Å². The fourth-order valence-corrected chi connectivity index (χ4v) is 2.67. The number of carboxylic acid groups (broad SMARTS) is 1. The lowest BCUT2D eigenvalue weighted by atomic mass is 10.1. The van der Waals surface area contributed by atoms with Crippen LogP contribution in [0.15, 0.2) is 28.8 Å². The van der Waals surface area contributed by atoms with E-state index in [1.165, 1.54) is 0 Å². The first-order valence-corrected chi connectivity index (χ1v) is 7.27. The zero-order valence-electron chi connectivity index (χ0n) is 12.1. The summed E-state index contributed by atoms with van der Waals surface area (Å²) < 4.78 is 7.27. The number of pyridine rings is 1. The molecule has 1 fully saturated rings. The Morgan fingerprint density at radius 3 is 2.91 bits per heavy atom. The molecule has 3 heterocycles. The van der Waals surface area contributed by atoms with Gasteiger partial charge in [0.05, 0.1) is 17.1 Å². The second-order valence-electron chi connectivity index (χ2n) is 5.73. The predicted molar refractivity (Wildman–Crippen MR) is 79.0 cm³/mol. The van der Waals surface area contributed by atoms with E-state index in [1.54, 1.807) is 16.9 Å². The van der Waals surface area contributed by atoms with Crippen LogP contribution in [-0.2, 0) is 6.54 Å². The number of hydrogen-bond acceptors (Lipinski definition) is 4. The van der Waals surface area contributed by atoms with Crippen LogP contribution in [0.3, 0.4) is 0 Å². The highest BCUT2D eigenvalue weighted by Gasteiger charge is 2.28.